The van der Waals surface area contributed by atoms with Gasteiger partial charge < -0.3 is 98.6 Å². The molecule has 0 unspecified atom stereocenters. The molecule has 0 aliphatic carbocycles. The monoisotopic (exact) mass is 1070 g/mol. The van der Waals surface area contributed by atoms with Crippen molar-refractivity contribution in [2.75, 3.05) is 59.5 Å². The molecule has 0 amide bonds. The molecule has 21 nitrogen and oxygen atoms in total. The molecule has 0 rings (SSSR count). The van der Waals surface area contributed by atoms with Crippen LogP contribution in [0.4, 0.5) is 0 Å². The van der Waals surface area contributed by atoms with Crippen LogP contribution in [0, 0.1) is 0 Å². The molecule has 0 saturated carbocycles. The summed E-state index contributed by atoms with van der Waals surface area (Å²) in [5.74, 6) is 0. The van der Waals surface area contributed by atoms with Gasteiger partial charge in [-0.3, -0.25) is 0 Å². The maximum Gasteiger partial charge on any atom is 0.500 e. The van der Waals surface area contributed by atoms with E-state index >= 15 is 0 Å². The van der Waals surface area contributed by atoms with Crippen molar-refractivity contribution in [1.82, 2.24) is 0 Å². The molecule has 0 radical (unpaired) electrons. The van der Waals surface area contributed by atoms with Gasteiger partial charge in [0, 0.05) is 77.6 Å². The number of hydrogen-bond acceptors (Lipinski definition) is 13. The van der Waals surface area contributed by atoms with Crippen molar-refractivity contribution in [1.29, 1.82) is 0 Å². The fourth-order valence-corrected chi connectivity index (χ4v) is 11.8. The van der Waals surface area contributed by atoms with Crippen LogP contribution >= 0.6 is 26.9 Å². The zero-order valence-corrected chi connectivity index (χ0v) is 46.4. The molecule has 0 atom stereocenters. The summed E-state index contributed by atoms with van der Waals surface area (Å²) in [6.07, 6.45) is 3.14. The minimum absolute atomic E-state index is 0.673. The Kier molecular flexibility index (Phi) is 58.5. The lowest BCUT2D eigenvalue weighted by molar-refractivity contribution is 0.0703. The Morgan fingerprint density at radius 2 is 0.356 bits per heavy atom. The second-order valence-corrected chi connectivity index (χ2v) is 28.4. The van der Waals surface area contributed by atoms with E-state index in [9.17, 15) is 0 Å². The van der Waals surface area contributed by atoms with Crippen LogP contribution in [0.25, 0.3) is 0 Å². The third-order valence-electron chi connectivity index (χ3n) is 4.95. The SMILES string of the molecule is CCC[Si](OCC)(OCC)OCC.CCC[Si](OCC)(OCC)OCC.CCC[Si](OCC)(OCC)OCC.OP(O)(O)=S.OP(O)(O)=S.OP(O)(O)=S.OP(O)(O)=S. The predicted molar refractivity (Wildman–Crippen MR) is 251 cm³/mol. The Hall–Kier alpha value is 2.41. The van der Waals surface area contributed by atoms with Gasteiger partial charge in [-0.2, -0.15) is 0 Å². The first-order valence-electron chi connectivity index (χ1n) is 18.6. The zero-order valence-electron chi connectivity index (χ0n) is 36.6. The highest BCUT2D eigenvalue weighted by atomic mass is 32.5. The Bertz CT molecular complexity index is 826. The van der Waals surface area contributed by atoms with E-state index in [2.05, 4.69) is 68.0 Å². The maximum absolute atomic E-state index is 7.56. The summed E-state index contributed by atoms with van der Waals surface area (Å²) in [6, 6.07) is 2.76. The van der Waals surface area contributed by atoms with Gasteiger partial charge in [-0.25, -0.2) is 0 Å². The summed E-state index contributed by atoms with van der Waals surface area (Å²) in [5.41, 5.74) is 0. The van der Waals surface area contributed by atoms with Gasteiger partial charge in [-0.05, 0) is 110 Å². The van der Waals surface area contributed by atoms with E-state index in [0.29, 0.717) is 59.5 Å². The Morgan fingerprint density at radius 1 is 0.271 bits per heavy atom. The molecule has 0 aliphatic rings. The molecular weight excluding hydrogens is 997 g/mol. The van der Waals surface area contributed by atoms with E-state index < -0.39 is 53.3 Å². The molecule has 0 heterocycles. The van der Waals surface area contributed by atoms with Gasteiger partial charge in [0.1, 0.15) is 0 Å². The molecule has 32 heteroatoms. The van der Waals surface area contributed by atoms with Gasteiger partial charge in [0.15, 0.2) is 0 Å². The van der Waals surface area contributed by atoms with Crippen LogP contribution < -0.4 is 0 Å². The normalized spacial score (nSPS) is 11.9. The lowest BCUT2D eigenvalue weighted by atomic mass is 10.6. The van der Waals surface area contributed by atoms with Crippen LogP contribution in [0.15, 0.2) is 0 Å². The van der Waals surface area contributed by atoms with Gasteiger partial charge in [0.25, 0.3) is 0 Å². The van der Waals surface area contributed by atoms with E-state index in [0.717, 1.165) is 37.4 Å². The lowest BCUT2D eigenvalue weighted by Crippen LogP contribution is -2.45. The molecule has 59 heavy (non-hydrogen) atoms. The Labute approximate surface area is 377 Å². The van der Waals surface area contributed by atoms with Gasteiger partial charge in [-0.1, -0.05) is 40.0 Å². The summed E-state index contributed by atoms with van der Waals surface area (Å²) in [5, 5.41) is 0. The van der Waals surface area contributed by atoms with Gasteiger partial charge >= 0.3 is 53.3 Å². The van der Waals surface area contributed by atoms with Gasteiger partial charge in [0.05, 0.1) is 0 Å². The maximum atomic E-state index is 7.56. The Balaban J connectivity index is -0.000000112. The standard InChI is InChI=1S/3C9H22O3Si.4H3O3PS/c3*1-5-9-13(10-6-2,11-7-3)12-8-4;4*1-4(2,3)5/h3*5-9H2,1-4H3;4*(H3,1,2,3,5). The van der Waals surface area contributed by atoms with Crippen LogP contribution in [-0.4, -0.2) is 145 Å². The van der Waals surface area contributed by atoms with Crippen molar-refractivity contribution >= 4 is 101 Å². The molecule has 0 aromatic heterocycles. The topological polar surface area (TPSA) is 326 Å². The van der Waals surface area contributed by atoms with E-state index in [1.807, 2.05) is 62.3 Å². The van der Waals surface area contributed by atoms with Crippen LogP contribution in [0.5, 0.6) is 0 Å². The molecule has 0 aliphatic heterocycles. The summed E-state index contributed by atoms with van der Waals surface area (Å²) in [6.45, 7) is 15.0. The molecular formula is C27H78O21P4S4Si3. The Morgan fingerprint density at radius 3 is 0.407 bits per heavy atom. The second-order valence-electron chi connectivity index (χ2n) is 10.2. The third-order valence-corrected chi connectivity index (χ3v) is 14.8. The zero-order chi connectivity index (χ0) is 48.5. The molecule has 0 spiro atoms. The van der Waals surface area contributed by atoms with E-state index in [-0.39, 0.29) is 0 Å². The van der Waals surface area contributed by atoms with Crippen LogP contribution in [0.1, 0.15) is 102 Å². The van der Waals surface area contributed by atoms with E-state index in [1.165, 1.54) is 0 Å². The summed E-state index contributed by atoms with van der Waals surface area (Å²) in [7, 11) is -6.89. The quantitative estimate of drug-likeness (QED) is 0.0478. The molecule has 12 N–H and O–H groups in total. The molecule has 0 aromatic rings. The minimum atomic E-state index is -3.81. The van der Waals surface area contributed by atoms with Crippen molar-refractivity contribution in [2.24, 2.45) is 0 Å². The van der Waals surface area contributed by atoms with Crippen molar-refractivity contribution in [3.8, 4) is 0 Å². The largest absolute Gasteiger partial charge is 0.500 e. The molecule has 368 valence electrons. The second kappa shape index (κ2) is 45.6. The van der Waals surface area contributed by atoms with Crippen LogP contribution in [0.3, 0.4) is 0 Å². The minimum Gasteiger partial charge on any atom is -0.374 e. The fraction of sp³-hybridized carbons (Fsp3) is 1.00. The van der Waals surface area contributed by atoms with Crippen molar-refractivity contribution < 1.29 is 98.6 Å². The first-order valence-corrected chi connectivity index (χ1v) is 35.0. The highest BCUT2D eigenvalue weighted by Gasteiger charge is 2.40. The molecule has 0 aromatic carbocycles. The van der Waals surface area contributed by atoms with E-state index in [1.54, 1.807) is 0 Å². The third kappa shape index (κ3) is 81.1. The summed E-state index contributed by atoms with van der Waals surface area (Å²) >= 11 is 14.4. The number of hydrogen-bond donors (Lipinski definition) is 12. The molecule has 0 fully saturated rings. The molecule has 0 bridgehead atoms. The van der Waals surface area contributed by atoms with Crippen molar-refractivity contribution in [3.05, 3.63) is 0 Å². The number of rotatable bonds is 24. The smallest absolute Gasteiger partial charge is 0.374 e. The van der Waals surface area contributed by atoms with E-state index in [4.69, 9.17) is 98.6 Å². The van der Waals surface area contributed by atoms with Gasteiger partial charge in [-0.15, -0.1) is 0 Å². The lowest BCUT2D eigenvalue weighted by Gasteiger charge is -2.27. The molecule has 0 saturated heterocycles. The highest BCUT2D eigenvalue weighted by molar-refractivity contribution is 8.07. The summed E-state index contributed by atoms with van der Waals surface area (Å²) in [4.78, 5) is 90.7. The van der Waals surface area contributed by atoms with Crippen molar-refractivity contribution in [2.45, 2.75) is 120 Å². The highest BCUT2D eigenvalue weighted by Crippen LogP contribution is 2.28. The van der Waals surface area contributed by atoms with Crippen molar-refractivity contribution in [3.63, 3.8) is 0 Å². The van der Waals surface area contributed by atoms with Crippen LogP contribution in [0.2, 0.25) is 18.1 Å². The van der Waals surface area contributed by atoms with Crippen LogP contribution in [-0.2, 0) is 87.1 Å². The predicted octanol–water partition coefficient (Wildman–Crippen LogP) is 4.09. The first kappa shape index (κ1) is 75.7. The first-order chi connectivity index (χ1) is 26.7. The van der Waals surface area contributed by atoms with Gasteiger partial charge in [0.2, 0.25) is 0 Å². The average Bonchev–Trinajstić information content (AvgIpc) is 3.00. The average molecular weight is 1080 g/mol. The fourth-order valence-electron chi connectivity index (χ4n) is 3.92. The summed E-state index contributed by atoms with van der Waals surface area (Å²) < 4.78 is 50.8.